The zero-order valence-corrected chi connectivity index (χ0v) is 8.00. The standard InChI is InChI=1S/C10H11ClNO/c11-10-5-4-8(7-12-10)9-3-1-2-6-13-9/h1,4-5,7,9H,2-3,6H2. The van der Waals surface area contributed by atoms with Crippen molar-refractivity contribution in [1.82, 2.24) is 4.98 Å². The largest absolute Gasteiger partial charge is 0.373 e. The van der Waals surface area contributed by atoms with Crippen LogP contribution in [0.25, 0.3) is 0 Å². The lowest BCUT2D eigenvalue weighted by Gasteiger charge is -2.22. The van der Waals surface area contributed by atoms with Crippen LogP contribution in [0.15, 0.2) is 18.3 Å². The Kier molecular flexibility index (Phi) is 2.81. The highest BCUT2D eigenvalue weighted by atomic mass is 35.5. The molecule has 1 aliphatic heterocycles. The number of halogens is 1. The van der Waals surface area contributed by atoms with Gasteiger partial charge in [0.05, 0.1) is 6.10 Å². The van der Waals surface area contributed by atoms with E-state index in [0.29, 0.717) is 5.15 Å². The van der Waals surface area contributed by atoms with Gasteiger partial charge in [-0.05, 0) is 30.9 Å². The van der Waals surface area contributed by atoms with E-state index in [9.17, 15) is 0 Å². The van der Waals surface area contributed by atoms with Crippen LogP contribution in [-0.2, 0) is 4.74 Å². The van der Waals surface area contributed by atoms with Crippen molar-refractivity contribution in [3.63, 3.8) is 0 Å². The first-order valence-electron chi connectivity index (χ1n) is 4.41. The maximum absolute atomic E-state index is 5.69. The molecular formula is C10H11ClNO. The molecule has 1 radical (unpaired) electrons. The molecule has 2 nitrogen and oxygen atoms in total. The Morgan fingerprint density at radius 1 is 1.46 bits per heavy atom. The lowest BCUT2D eigenvalue weighted by molar-refractivity contribution is 0.0329. The fraction of sp³-hybridized carbons (Fsp3) is 0.400. The molecule has 2 rings (SSSR count). The van der Waals surface area contributed by atoms with Crippen LogP contribution in [0.4, 0.5) is 0 Å². The van der Waals surface area contributed by atoms with Gasteiger partial charge < -0.3 is 4.74 Å². The third-order valence-electron chi connectivity index (χ3n) is 2.14. The van der Waals surface area contributed by atoms with Crippen LogP contribution in [0, 0.1) is 6.42 Å². The summed E-state index contributed by atoms with van der Waals surface area (Å²) >= 11 is 5.69. The van der Waals surface area contributed by atoms with E-state index in [4.69, 9.17) is 16.3 Å². The maximum atomic E-state index is 5.69. The Bertz CT molecular complexity index is 267. The molecule has 0 spiro atoms. The van der Waals surface area contributed by atoms with Gasteiger partial charge in [-0.25, -0.2) is 4.98 Å². The molecule has 0 saturated carbocycles. The van der Waals surface area contributed by atoms with Crippen LogP contribution in [-0.4, -0.2) is 11.6 Å². The summed E-state index contributed by atoms with van der Waals surface area (Å²) < 4.78 is 5.59. The molecule has 0 amide bonds. The SMILES string of the molecule is Clc1ccc(C2C[CH]CCO2)cn1. The van der Waals surface area contributed by atoms with Gasteiger partial charge in [-0.3, -0.25) is 0 Å². The average Bonchev–Trinajstić information content (AvgIpc) is 2.20. The van der Waals surface area contributed by atoms with E-state index in [1.54, 1.807) is 12.3 Å². The van der Waals surface area contributed by atoms with E-state index in [1.807, 2.05) is 6.07 Å². The van der Waals surface area contributed by atoms with Crippen LogP contribution in [0.3, 0.4) is 0 Å². The summed E-state index contributed by atoms with van der Waals surface area (Å²) in [6, 6.07) is 3.77. The van der Waals surface area contributed by atoms with Crippen LogP contribution in [0.2, 0.25) is 5.15 Å². The summed E-state index contributed by atoms with van der Waals surface area (Å²) in [7, 11) is 0. The second kappa shape index (κ2) is 4.07. The summed E-state index contributed by atoms with van der Waals surface area (Å²) in [5.41, 5.74) is 1.11. The number of aromatic nitrogens is 1. The fourth-order valence-corrected chi connectivity index (χ4v) is 1.55. The molecule has 0 aromatic carbocycles. The van der Waals surface area contributed by atoms with Gasteiger partial charge in [-0.2, -0.15) is 0 Å². The predicted octanol–water partition coefficient (Wildman–Crippen LogP) is 2.79. The van der Waals surface area contributed by atoms with Gasteiger partial charge in [0, 0.05) is 12.8 Å². The fourth-order valence-electron chi connectivity index (χ4n) is 1.44. The Morgan fingerprint density at radius 2 is 2.38 bits per heavy atom. The highest BCUT2D eigenvalue weighted by molar-refractivity contribution is 6.29. The van der Waals surface area contributed by atoms with Crippen molar-refractivity contribution in [2.75, 3.05) is 6.61 Å². The van der Waals surface area contributed by atoms with Gasteiger partial charge in [0.15, 0.2) is 0 Å². The second-order valence-corrected chi connectivity index (χ2v) is 3.47. The molecule has 2 heterocycles. The first-order chi connectivity index (χ1) is 6.36. The molecule has 1 saturated heterocycles. The monoisotopic (exact) mass is 196 g/mol. The van der Waals surface area contributed by atoms with Gasteiger partial charge in [0.25, 0.3) is 0 Å². The van der Waals surface area contributed by atoms with Gasteiger partial charge in [-0.1, -0.05) is 17.7 Å². The van der Waals surface area contributed by atoms with E-state index in [-0.39, 0.29) is 6.10 Å². The van der Waals surface area contributed by atoms with Crippen LogP contribution in [0.5, 0.6) is 0 Å². The second-order valence-electron chi connectivity index (χ2n) is 3.09. The minimum atomic E-state index is 0.179. The molecule has 1 fully saturated rings. The highest BCUT2D eigenvalue weighted by Crippen LogP contribution is 2.26. The predicted molar refractivity (Wildman–Crippen MR) is 51.5 cm³/mol. The van der Waals surface area contributed by atoms with E-state index < -0.39 is 0 Å². The van der Waals surface area contributed by atoms with Gasteiger partial charge in [0.2, 0.25) is 0 Å². The topological polar surface area (TPSA) is 22.1 Å². The molecule has 0 N–H and O–H groups in total. The number of pyridine rings is 1. The van der Waals surface area contributed by atoms with E-state index in [1.165, 1.54) is 0 Å². The van der Waals surface area contributed by atoms with Crippen molar-refractivity contribution in [1.29, 1.82) is 0 Å². The Hall–Kier alpha value is -0.600. The van der Waals surface area contributed by atoms with Crippen molar-refractivity contribution in [3.05, 3.63) is 35.5 Å². The Labute approximate surface area is 82.9 Å². The van der Waals surface area contributed by atoms with E-state index in [2.05, 4.69) is 11.4 Å². The molecular weight excluding hydrogens is 186 g/mol. The first kappa shape index (κ1) is 8.97. The lowest BCUT2D eigenvalue weighted by Crippen LogP contribution is -2.11. The summed E-state index contributed by atoms with van der Waals surface area (Å²) in [6.07, 6.45) is 6.24. The molecule has 3 heteroatoms. The van der Waals surface area contributed by atoms with Gasteiger partial charge >= 0.3 is 0 Å². The molecule has 69 valence electrons. The molecule has 13 heavy (non-hydrogen) atoms. The summed E-state index contributed by atoms with van der Waals surface area (Å²) in [4.78, 5) is 4.03. The summed E-state index contributed by atoms with van der Waals surface area (Å²) in [5, 5.41) is 0.531. The van der Waals surface area contributed by atoms with Gasteiger partial charge in [0.1, 0.15) is 5.15 Å². The van der Waals surface area contributed by atoms with E-state index >= 15 is 0 Å². The number of rotatable bonds is 1. The van der Waals surface area contributed by atoms with Gasteiger partial charge in [-0.15, -0.1) is 0 Å². The quantitative estimate of drug-likeness (QED) is 0.645. The van der Waals surface area contributed by atoms with Crippen molar-refractivity contribution in [2.24, 2.45) is 0 Å². The Balaban J connectivity index is 2.10. The zero-order chi connectivity index (χ0) is 9.10. The first-order valence-corrected chi connectivity index (χ1v) is 4.79. The van der Waals surface area contributed by atoms with Crippen molar-refractivity contribution < 1.29 is 4.74 Å². The molecule has 0 aliphatic carbocycles. The third kappa shape index (κ3) is 2.20. The molecule has 1 unspecified atom stereocenters. The van der Waals surface area contributed by atoms with E-state index in [0.717, 1.165) is 25.0 Å². The highest BCUT2D eigenvalue weighted by Gasteiger charge is 2.15. The van der Waals surface area contributed by atoms with Crippen molar-refractivity contribution in [2.45, 2.75) is 18.9 Å². The maximum Gasteiger partial charge on any atom is 0.129 e. The van der Waals surface area contributed by atoms with Crippen LogP contribution < -0.4 is 0 Å². The molecule has 0 bridgehead atoms. The number of nitrogens with zero attached hydrogens (tertiary/aromatic N) is 1. The summed E-state index contributed by atoms with van der Waals surface area (Å²) in [5.74, 6) is 0. The normalized spacial score (nSPS) is 23.0. The van der Waals surface area contributed by atoms with Crippen molar-refractivity contribution >= 4 is 11.6 Å². The smallest absolute Gasteiger partial charge is 0.129 e. The summed E-state index contributed by atoms with van der Waals surface area (Å²) in [6.45, 7) is 0.813. The minimum Gasteiger partial charge on any atom is -0.373 e. The molecule has 1 aliphatic rings. The average molecular weight is 197 g/mol. The molecule has 1 aromatic rings. The minimum absolute atomic E-state index is 0.179. The molecule has 1 aromatic heterocycles. The van der Waals surface area contributed by atoms with Crippen LogP contribution in [0.1, 0.15) is 24.5 Å². The van der Waals surface area contributed by atoms with Crippen LogP contribution >= 0.6 is 11.6 Å². The van der Waals surface area contributed by atoms with Crippen molar-refractivity contribution in [3.8, 4) is 0 Å². The number of hydrogen-bond donors (Lipinski definition) is 0. The number of hydrogen-bond acceptors (Lipinski definition) is 2. The zero-order valence-electron chi connectivity index (χ0n) is 7.24. The number of ether oxygens (including phenoxy) is 1. The third-order valence-corrected chi connectivity index (χ3v) is 2.37. The Morgan fingerprint density at radius 3 is 3.00 bits per heavy atom. The lowest BCUT2D eigenvalue weighted by atomic mass is 10.0. The molecule has 1 atom stereocenters.